The third kappa shape index (κ3) is 4.15. The second-order valence-electron chi connectivity index (χ2n) is 7.26. The van der Waals surface area contributed by atoms with Gasteiger partial charge in [-0.25, -0.2) is 19.7 Å². The summed E-state index contributed by atoms with van der Waals surface area (Å²) >= 11 is 0. The van der Waals surface area contributed by atoms with Crippen LogP contribution in [0.25, 0.3) is 22.3 Å². The summed E-state index contributed by atoms with van der Waals surface area (Å²) in [4.78, 5) is 24.6. The number of nitrogens with zero attached hydrogens (tertiary/aromatic N) is 3. The largest absolute Gasteiger partial charge is 0.497 e. The molecule has 0 fully saturated rings. The molecule has 0 bridgehead atoms. The second-order valence-corrected chi connectivity index (χ2v) is 7.26. The van der Waals surface area contributed by atoms with Crippen molar-refractivity contribution in [3.63, 3.8) is 0 Å². The van der Waals surface area contributed by atoms with Crippen LogP contribution in [0.2, 0.25) is 0 Å². The first kappa shape index (κ1) is 21.0. The number of methoxy groups -OCH3 is 1. The molecule has 2 heterocycles. The van der Waals surface area contributed by atoms with Gasteiger partial charge in [0.1, 0.15) is 11.5 Å². The van der Waals surface area contributed by atoms with Crippen molar-refractivity contribution in [1.29, 1.82) is 0 Å². The molecule has 2 aromatic carbocycles. The van der Waals surface area contributed by atoms with E-state index in [2.05, 4.69) is 26.8 Å². The van der Waals surface area contributed by atoms with Crippen molar-refractivity contribution in [2.45, 2.75) is 19.4 Å². The van der Waals surface area contributed by atoms with E-state index in [0.29, 0.717) is 33.5 Å². The van der Waals surface area contributed by atoms with Crippen molar-refractivity contribution in [3.8, 4) is 29.0 Å². The van der Waals surface area contributed by atoms with Crippen LogP contribution in [-0.2, 0) is 5.60 Å². The molecule has 2 aromatic heterocycles. The van der Waals surface area contributed by atoms with E-state index in [4.69, 9.17) is 9.15 Å². The Labute approximate surface area is 183 Å². The van der Waals surface area contributed by atoms with Crippen molar-refractivity contribution >= 4 is 16.9 Å². The van der Waals surface area contributed by atoms with Crippen LogP contribution in [0, 0.1) is 18.8 Å². The van der Waals surface area contributed by atoms with E-state index in [-0.39, 0.29) is 17.4 Å². The van der Waals surface area contributed by atoms with Crippen molar-refractivity contribution in [3.05, 3.63) is 71.6 Å². The number of hydrogen-bond donors (Lipinski definition) is 2. The van der Waals surface area contributed by atoms with Crippen LogP contribution in [0.4, 0.5) is 0 Å². The van der Waals surface area contributed by atoms with Crippen molar-refractivity contribution < 1.29 is 24.2 Å². The Morgan fingerprint density at radius 2 is 2.00 bits per heavy atom. The number of carboxylic acids is 1. The molecular weight excluding hydrogens is 410 g/mol. The van der Waals surface area contributed by atoms with E-state index in [1.807, 2.05) is 0 Å². The average Bonchev–Trinajstić information content (AvgIpc) is 3.24. The average molecular weight is 429 g/mol. The molecule has 0 saturated heterocycles. The lowest BCUT2D eigenvalue weighted by Crippen LogP contribution is -2.18. The Morgan fingerprint density at radius 1 is 1.19 bits per heavy atom. The predicted octanol–water partition coefficient (Wildman–Crippen LogP) is 3.56. The molecule has 4 rings (SSSR count). The fourth-order valence-electron chi connectivity index (χ4n) is 3.09. The Balaban J connectivity index is 1.76. The summed E-state index contributed by atoms with van der Waals surface area (Å²) in [5, 5.41) is 20.6. The number of aromatic carboxylic acids is 1. The molecule has 160 valence electrons. The molecule has 1 atom stereocenters. The van der Waals surface area contributed by atoms with Gasteiger partial charge in [-0.1, -0.05) is 24.0 Å². The monoisotopic (exact) mass is 429 g/mol. The molecule has 8 nitrogen and oxygen atoms in total. The molecule has 8 heteroatoms. The number of rotatable bonds is 4. The fraction of sp³-hybridized carbons (Fsp3) is 0.167. The fourth-order valence-corrected chi connectivity index (χ4v) is 3.09. The van der Waals surface area contributed by atoms with Crippen molar-refractivity contribution in [2.75, 3.05) is 7.11 Å². The quantitative estimate of drug-likeness (QED) is 0.473. The van der Waals surface area contributed by atoms with Gasteiger partial charge < -0.3 is 19.4 Å². The molecule has 1 unspecified atom stereocenters. The van der Waals surface area contributed by atoms with E-state index in [1.54, 1.807) is 49.4 Å². The Morgan fingerprint density at radius 3 is 2.69 bits per heavy atom. The topological polar surface area (TPSA) is 119 Å². The number of carboxylic acid groups (broad SMARTS) is 1. The maximum atomic E-state index is 11.8. The first-order valence-electron chi connectivity index (χ1n) is 9.65. The van der Waals surface area contributed by atoms with Gasteiger partial charge in [-0.3, -0.25) is 0 Å². The van der Waals surface area contributed by atoms with Gasteiger partial charge in [-0.05, 0) is 38.1 Å². The zero-order chi connectivity index (χ0) is 22.9. The van der Waals surface area contributed by atoms with Crippen LogP contribution in [0.5, 0.6) is 5.75 Å². The maximum absolute atomic E-state index is 11.8. The van der Waals surface area contributed by atoms with Crippen LogP contribution in [0.15, 0.2) is 53.1 Å². The molecule has 0 saturated carbocycles. The summed E-state index contributed by atoms with van der Waals surface area (Å²) in [5.41, 5.74) is -0.0684. The highest BCUT2D eigenvalue weighted by Gasteiger charge is 2.26. The van der Waals surface area contributed by atoms with E-state index in [0.717, 1.165) is 0 Å². The Bertz CT molecular complexity index is 1400. The number of aromatic nitrogens is 3. The summed E-state index contributed by atoms with van der Waals surface area (Å²) in [6.07, 6.45) is 1.51. The SMILES string of the molecule is COc1ccc2c(C(=O)O)nc(-c3cccc(C#CC(C)(O)c4ncc(C)o4)c3)nc2c1. The molecule has 2 N–H and O–H groups in total. The second kappa shape index (κ2) is 8.13. The Hall–Kier alpha value is -4.22. The van der Waals surface area contributed by atoms with Gasteiger partial charge in [0.15, 0.2) is 17.1 Å². The number of carbonyl (C=O) groups is 1. The number of aliphatic hydroxyl groups is 1. The third-order valence-electron chi connectivity index (χ3n) is 4.72. The zero-order valence-electron chi connectivity index (χ0n) is 17.6. The lowest BCUT2D eigenvalue weighted by molar-refractivity contribution is 0.0692. The number of aryl methyl sites for hydroxylation is 1. The normalized spacial score (nSPS) is 12.6. The molecule has 4 aromatic rings. The molecule has 32 heavy (non-hydrogen) atoms. The van der Waals surface area contributed by atoms with Gasteiger partial charge in [0, 0.05) is 22.6 Å². The van der Waals surface area contributed by atoms with Gasteiger partial charge in [-0.15, -0.1) is 0 Å². The van der Waals surface area contributed by atoms with Crippen LogP contribution in [-0.4, -0.2) is 38.2 Å². The summed E-state index contributed by atoms with van der Waals surface area (Å²) in [6, 6.07) is 11.9. The lowest BCUT2D eigenvalue weighted by Gasteiger charge is -2.11. The molecule has 0 aliphatic heterocycles. The highest BCUT2D eigenvalue weighted by molar-refractivity contribution is 6.01. The molecule has 0 aliphatic rings. The molecular formula is C24H19N3O5. The van der Waals surface area contributed by atoms with Gasteiger partial charge in [0.25, 0.3) is 0 Å². The summed E-state index contributed by atoms with van der Waals surface area (Å²) in [7, 11) is 1.53. The summed E-state index contributed by atoms with van der Waals surface area (Å²) < 4.78 is 10.6. The first-order chi connectivity index (χ1) is 15.3. The van der Waals surface area contributed by atoms with E-state index in [9.17, 15) is 15.0 Å². The number of ether oxygens (including phenoxy) is 1. The maximum Gasteiger partial charge on any atom is 0.355 e. The van der Waals surface area contributed by atoms with E-state index in [1.165, 1.54) is 20.2 Å². The highest BCUT2D eigenvalue weighted by atomic mass is 16.5. The minimum absolute atomic E-state index is 0.105. The van der Waals surface area contributed by atoms with Crippen LogP contribution >= 0.6 is 0 Å². The smallest absolute Gasteiger partial charge is 0.355 e. The van der Waals surface area contributed by atoms with Gasteiger partial charge in [-0.2, -0.15) is 0 Å². The predicted molar refractivity (Wildman–Crippen MR) is 116 cm³/mol. The third-order valence-corrected chi connectivity index (χ3v) is 4.72. The van der Waals surface area contributed by atoms with Gasteiger partial charge in [0.2, 0.25) is 5.89 Å². The van der Waals surface area contributed by atoms with E-state index < -0.39 is 11.6 Å². The molecule has 0 spiro atoms. The van der Waals surface area contributed by atoms with Gasteiger partial charge >= 0.3 is 5.97 Å². The highest BCUT2D eigenvalue weighted by Crippen LogP contribution is 2.26. The van der Waals surface area contributed by atoms with Gasteiger partial charge in [0.05, 0.1) is 18.8 Å². The number of oxazole rings is 1. The van der Waals surface area contributed by atoms with Crippen LogP contribution in [0.3, 0.4) is 0 Å². The first-order valence-corrected chi connectivity index (χ1v) is 9.65. The lowest BCUT2D eigenvalue weighted by atomic mass is 10.1. The summed E-state index contributed by atoms with van der Waals surface area (Å²) in [5.74, 6) is 5.98. The molecule has 0 aliphatic carbocycles. The van der Waals surface area contributed by atoms with Crippen LogP contribution < -0.4 is 4.74 Å². The molecule has 0 amide bonds. The van der Waals surface area contributed by atoms with Crippen LogP contribution in [0.1, 0.15) is 34.6 Å². The van der Waals surface area contributed by atoms with Crippen molar-refractivity contribution in [2.24, 2.45) is 0 Å². The standard InChI is InChI=1S/C24H19N3O5/c1-14-13-25-23(32-14)24(2,30)10-9-15-5-4-6-16(11-15)21-26-19-12-17(31-3)7-8-18(19)20(27-21)22(28)29/h4-8,11-13,30H,1-3H3,(H,28,29). The Kier molecular flexibility index (Phi) is 5.34. The zero-order valence-corrected chi connectivity index (χ0v) is 17.6. The minimum atomic E-state index is -1.57. The number of hydrogen-bond acceptors (Lipinski definition) is 7. The minimum Gasteiger partial charge on any atom is -0.497 e. The number of benzene rings is 2. The van der Waals surface area contributed by atoms with Crippen molar-refractivity contribution in [1.82, 2.24) is 15.0 Å². The number of fused-ring (bicyclic) bond motifs is 1. The summed E-state index contributed by atoms with van der Waals surface area (Å²) in [6.45, 7) is 3.22. The van der Waals surface area contributed by atoms with E-state index >= 15 is 0 Å². The molecule has 0 radical (unpaired) electrons.